The molecule has 3 aromatic rings. The van der Waals surface area contributed by atoms with E-state index in [-0.39, 0.29) is 17.9 Å². The summed E-state index contributed by atoms with van der Waals surface area (Å²) < 4.78 is 19.0. The Morgan fingerprint density at radius 1 is 1.26 bits per heavy atom. The van der Waals surface area contributed by atoms with Gasteiger partial charge in [0.25, 0.3) is 11.5 Å². The molecule has 9 nitrogen and oxygen atoms in total. The molecule has 0 aliphatic carbocycles. The monoisotopic (exact) mass is 493 g/mol. The number of methoxy groups -OCH3 is 1. The Labute approximate surface area is 204 Å². The number of carbonyl (C=O) groups is 2. The minimum Gasteiger partial charge on any atom is -0.493 e. The van der Waals surface area contributed by atoms with Crippen LogP contribution in [-0.4, -0.2) is 35.7 Å². The zero-order valence-electron chi connectivity index (χ0n) is 19.3. The summed E-state index contributed by atoms with van der Waals surface area (Å²) in [7, 11) is 1.49. The second kappa shape index (κ2) is 8.38. The highest BCUT2D eigenvalue weighted by Gasteiger charge is 2.53. The predicted octanol–water partition coefficient (Wildman–Crippen LogP) is 1.15. The highest BCUT2D eigenvalue weighted by Crippen LogP contribution is 2.47. The molecule has 2 N–H and O–H groups in total. The first kappa shape index (κ1) is 22.9. The first-order valence-electron chi connectivity index (χ1n) is 10.9. The van der Waals surface area contributed by atoms with Crippen LogP contribution in [0.3, 0.4) is 0 Å². The van der Waals surface area contributed by atoms with Crippen molar-refractivity contribution in [1.82, 2.24) is 4.57 Å². The van der Waals surface area contributed by atoms with E-state index >= 15 is 0 Å². The van der Waals surface area contributed by atoms with Crippen molar-refractivity contribution in [3.8, 4) is 17.2 Å². The number of hydrogen-bond acceptors (Lipinski definition) is 8. The van der Waals surface area contributed by atoms with Crippen LogP contribution >= 0.6 is 11.3 Å². The Bertz CT molecular complexity index is 1540. The quantitative estimate of drug-likeness (QED) is 0.550. The lowest BCUT2D eigenvalue weighted by atomic mass is 9.79. The lowest BCUT2D eigenvalue weighted by Crippen LogP contribution is -2.58. The molecule has 35 heavy (non-hydrogen) atoms. The third-order valence-electron chi connectivity index (χ3n) is 6.17. The van der Waals surface area contributed by atoms with Gasteiger partial charge in [0, 0.05) is 5.56 Å². The third-order valence-corrected chi connectivity index (χ3v) is 7.16. The minimum atomic E-state index is -1.12. The summed E-state index contributed by atoms with van der Waals surface area (Å²) in [4.78, 5) is 42.7. The fourth-order valence-corrected chi connectivity index (χ4v) is 5.85. The number of aromatic nitrogens is 1. The standard InChI is InChI=1S/C25H23N3O6S/c1-13(29)21-22-15-6-4-5-7-16(15)34-25(21,2)27-24-28(22)23(31)19(35-24)11-14-8-9-17(32-3)18(10-14)33-12-20(26)30/h4-11,21-22H,12H2,1-3H3,(H2,26,30)/b19-11-/t21-,22-,25-/m0/s1. The zero-order chi connectivity index (χ0) is 24.9. The Morgan fingerprint density at radius 3 is 2.74 bits per heavy atom. The number of nitrogens with zero attached hydrogens (tertiary/aromatic N) is 2. The van der Waals surface area contributed by atoms with E-state index < -0.39 is 23.6 Å². The number of hydrogen-bond donors (Lipinski definition) is 1. The summed E-state index contributed by atoms with van der Waals surface area (Å²) >= 11 is 1.23. The summed E-state index contributed by atoms with van der Waals surface area (Å²) in [5.74, 6) is 0.0152. The van der Waals surface area contributed by atoms with Gasteiger partial charge in [-0.3, -0.25) is 19.0 Å². The average molecular weight is 494 g/mol. The number of benzene rings is 2. The van der Waals surface area contributed by atoms with Crippen LogP contribution in [0.5, 0.6) is 17.2 Å². The maximum atomic E-state index is 13.6. The smallest absolute Gasteiger partial charge is 0.270 e. The molecule has 0 saturated carbocycles. The topological polar surface area (TPSA) is 122 Å². The van der Waals surface area contributed by atoms with Crippen molar-refractivity contribution < 1.29 is 23.8 Å². The van der Waals surface area contributed by atoms with E-state index in [1.54, 1.807) is 35.8 Å². The second-order valence-electron chi connectivity index (χ2n) is 8.57. The molecule has 5 rings (SSSR count). The van der Waals surface area contributed by atoms with Crippen molar-refractivity contribution in [2.45, 2.75) is 25.6 Å². The number of para-hydroxylation sites is 1. The van der Waals surface area contributed by atoms with Gasteiger partial charge in [-0.2, -0.15) is 0 Å². The molecule has 3 heterocycles. The fraction of sp³-hybridized carbons (Fsp3) is 0.280. The van der Waals surface area contributed by atoms with Crippen molar-refractivity contribution in [2.24, 2.45) is 16.6 Å². The SMILES string of the molecule is COc1ccc(/C=c2\sc3n(c2=O)[C@H]2c4ccccc4O[C@](C)(N=3)[C@H]2C(C)=O)cc1OCC(N)=O. The lowest BCUT2D eigenvalue weighted by molar-refractivity contribution is -0.132. The lowest BCUT2D eigenvalue weighted by Gasteiger charge is -2.45. The number of rotatable bonds is 6. The first-order valence-corrected chi connectivity index (χ1v) is 11.7. The molecule has 0 saturated heterocycles. The summed E-state index contributed by atoms with van der Waals surface area (Å²) in [6.45, 7) is 2.98. The van der Waals surface area contributed by atoms with E-state index in [1.165, 1.54) is 25.4 Å². The predicted molar refractivity (Wildman–Crippen MR) is 128 cm³/mol. The summed E-state index contributed by atoms with van der Waals surface area (Å²) in [5.41, 5.74) is 5.26. The van der Waals surface area contributed by atoms with Crippen LogP contribution in [0.4, 0.5) is 0 Å². The average Bonchev–Trinajstić information content (AvgIpc) is 3.10. The van der Waals surface area contributed by atoms with Crippen molar-refractivity contribution >= 4 is 29.1 Å². The largest absolute Gasteiger partial charge is 0.493 e. The summed E-state index contributed by atoms with van der Waals surface area (Å²) in [6, 6.07) is 12.0. The van der Waals surface area contributed by atoms with E-state index in [0.717, 1.165) is 5.56 Å². The van der Waals surface area contributed by atoms with Crippen molar-refractivity contribution in [3.05, 3.63) is 73.3 Å². The van der Waals surface area contributed by atoms with Gasteiger partial charge >= 0.3 is 0 Å². The van der Waals surface area contributed by atoms with E-state index in [1.807, 2.05) is 24.3 Å². The van der Waals surface area contributed by atoms with Gasteiger partial charge in [-0.05, 0) is 43.7 Å². The van der Waals surface area contributed by atoms with Crippen molar-refractivity contribution in [3.63, 3.8) is 0 Å². The molecular formula is C25H23N3O6S. The fourth-order valence-electron chi connectivity index (χ4n) is 4.75. The summed E-state index contributed by atoms with van der Waals surface area (Å²) in [6.07, 6.45) is 1.71. The number of carbonyl (C=O) groups excluding carboxylic acids is 2. The van der Waals surface area contributed by atoms with E-state index in [4.69, 9.17) is 24.9 Å². The van der Waals surface area contributed by atoms with E-state index in [9.17, 15) is 14.4 Å². The van der Waals surface area contributed by atoms with Gasteiger partial charge in [0.2, 0.25) is 5.72 Å². The van der Waals surface area contributed by atoms with Gasteiger partial charge in [-0.1, -0.05) is 35.6 Å². The number of amides is 1. The Hall–Kier alpha value is -3.92. The van der Waals surface area contributed by atoms with Crippen LogP contribution in [0.25, 0.3) is 6.08 Å². The molecule has 2 aliphatic heterocycles. The second-order valence-corrected chi connectivity index (χ2v) is 9.58. The number of ether oxygens (including phenoxy) is 3. The molecule has 1 amide bonds. The highest BCUT2D eigenvalue weighted by atomic mass is 32.1. The number of thiazole rings is 1. The van der Waals surface area contributed by atoms with Crippen LogP contribution in [-0.2, 0) is 9.59 Å². The van der Waals surface area contributed by atoms with Crippen LogP contribution in [0, 0.1) is 5.92 Å². The number of nitrogens with two attached hydrogens (primary N) is 1. The molecule has 2 aliphatic rings. The van der Waals surface area contributed by atoms with Gasteiger partial charge in [-0.15, -0.1) is 0 Å². The number of primary amides is 1. The summed E-state index contributed by atoms with van der Waals surface area (Å²) in [5, 5.41) is 0. The molecule has 0 unspecified atom stereocenters. The molecule has 1 aromatic heterocycles. The van der Waals surface area contributed by atoms with Gasteiger partial charge in [0.1, 0.15) is 17.5 Å². The zero-order valence-corrected chi connectivity index (χ0v) is 20.1. The molecule has 3 atom stereocenters. The van der Waals surface area contributed by atoms with Crippen molar-refractivity contribution in [2.75, 3.05) is 13.7 Å². The molecule has 0 radical (unpaired) electrons. The molecule has 2 aromatic carbocycles. The maximum absolute atomic E-state index is 13.6. The number of Topliss-reactive ketones (excluding diaryl/α,β-unsaturated/α-hetero) is 1. The Balaban J connectivity index is 1.67. The molecule has 10 heteroatoms. The molecule has 2 bridgehead atoms. The van der Waals surface area contributed by atoms with Crippen LogP contribution < -0.4 is 34.8 Å². The Kier molecular flexibility index (Phi) is 5.47. The normalized spacial score (nSPS) is 22.3. The number of ketones is 1. The van der Waals surface area contributed by atoms with Gasteiger partial charge < -0.3 is 19.9 Å². The van der Waals surface area contributed by atoms with E-state index in [2.05, 4.69) is 0 Å². The maximum Gasteiger partial charge on any atom is 0.270 e. The van der Waals surface area contributed by atoms with Gasteiger partial charge in [0.05, 0.1) is 17.7 Å². The van der Waals surface area contributed by atoms with Crippen LogP contribution in [0.2, 0.25) is 0 Å². The Morgan fingerprint density at radius 2 is 2.03 bits per heavy atom. The number of fused-ring (bicyclic) bond motifs is 6. The van der Waals surface area contributed by atoms with Gasteiger partial charge in [0.15, 0.2) is 22.9 Å². The molecular weight excluding hydrogens is 470 g/mol. The third kappa shape index (κ3) is 3.79. The van der Waals surface area contributed by atoms with Gasteiger partial charge in [-0.25, -0.2) is 4.99 Å². The minimum absolute atomic E-state index is 0.101. The van der Waals surface area contributed by atoms with Crippen LogP contribution in [0.1, 0.15) is 31.0 Å². The first-order chi connectivity index (χ1) is 16.7. The molecule has 180 valence electrons. The van der Waals surface area contributed by atoms with Crippen LogP contribution in [0.15, 0.2) is 52.3 Å². The highest BCUT2D eigenvalue weighted by molar-refractivity contribution is 7.07. The molecule has 0 fully saturated rings. The molecule has 0 spiro atoms. The van der Waals surface area contributed by atoms with E-state index in [0.29, 0.717) is 32.1 Å². The van der Waals surface area contributed by atoms with Crippen molar-refractivity contribution in [1.29, 1.82) is 0 Å².